The van der Waals surface area contributed by atoms with Crippen LogP contribution in [0.2, 0.25) is 0 Å². The summed E-state index contributed by atoms with van der Waals surface area (Å²) in [4.78, 5) is 38.1. The van der Waals surface area contributed by atoms with E-state index in [4.69, 9.17) is 14.2 Å². The Kier molecular flexibility index (Phi) is 53.0. The SMILES string of the molecule is CCCCC/C=C\C/C=C\C/C=C\C/C=C\CCCC(=O)OC(COC(=O)CCCCCC/C=C\C/C=C\C/C=C\CCCCC)COC(=O)CCCCCC/C=C\C/C=C\C/C=C\CCCCC. The molecule has 0 aromatic heterocycles. The average Bonchev–Trinajstić information content (AvgIpc) is 3.35. The number of allylic oxidation sites excluding steroid dienone is 20. The molecule has 0 aromatic rings. The van der Waals surface area contributed by atoms with Gasteiger partial charge in [0.15, 0.2) is 6.10 Å². The lowest BCUT2D eigenvalue weighted by Gasteiger charge is -2.18. The van der Waals surface area contributed by atoms with Gasteiger partial charge in [0.05, 0.1) is 0 Å². The van der Waals surface area contributed by atoms with Gasteiger partial charge in [0.25, 0.3) is 0 Å². The van der Waals surface area contributed by atoms with Crippen molar-refractivity contribution in [2.24, 2.45) is 0 Å². The van der Waals surface area contributed by atoms with Crippen LogP contribution >= 0.6 is 0 Å². The van der Waals surface area contributed by atoms with Crippen molar-refractivity contribution in [2.75, 3.05) is 13.2 Å². The molecular formula is C63H102O6. The summed E-state index contributed by atoms with van der Waals surface area (Å²) in [6.45, 7) is 6.46. The smallest absolute Gasteiger partial charge is 0.306 e. The van der Waals surface area contributed by atoms with Crippen molar-refractivity contribution in [2.45, 2.75) is 245 Å². The summed E-state index contributed by atoms with van der Waals surface area (Å²) in [6.07, 6.45) is 77.5. The van der Waals surface area contributed by atoms with Crippen molar-refractivity contribution >= 4 is 17.9 Å². The Balaban J connectivity index is 4.58. The van der Waals surface area contributed by atoms with Gasteiger partial charge in [-0.05, 0) is 135 Å². The molecule has 0 aliphatic heterocycles. The summed E-state index contributed by atoms with van der Waals surface area (Å²) in [7, 11) is 0. The van der Waals surface area contributed by atoms with Crippen molar-refractivity contribution < 1.29 is 28.6 Å². The van der Waals surface area contributed by atoms with Crippen molar-refractivity contribution in [3.63, 3.8) is 0 Å². The van der Waals surface area contributed by atoms with Crippen LogP contribution in [0.5, 0.6) is 0 Å². The Labute approximate surface area is 424 Å². The molecule has 0 bridgehead atoms. The monoisotopic (exact) mass is 955 g/mol. The molecule has 0 heterocycles. The third-order valence-corrected chi connectivity index (χ3v) is 11.4. The number of rotatable bonds is 49. The third kappa shape index (κ3) is 54.6. The molecule has 0 spiro atoms. The Morgan fingerprint density at radius 1 is 0.290 bits per heavy atom. The van der Waals surface area contributed by atoms with Crippen LogP contribution < -0.4 is 0 Å². The van der Waals surface area contributed by atoms with E-state index in [2.05, 4.69) is 142 Å². The number of carbonyl (C=O) groups excluding carboxylic acids is 3. The van der Waals surface area contributed by atoms with E-state index in [1.54, 1.807) is 0 Å². The molecule has 0 fully saturated rings. The van der Waals surface area contributed by atoms with E-state index in [1.165, 1.54) is 77.0 Å². The minimum atomic E-state index is -0.829. The van der Waals surface area contributed by atoms with E-state index in [9.17, 15) is 14.4 Å². The highest BCUT2D eigenvalue weighted by molar-refractivity contribution is 5.71. The molecule has 0 atom stereocenters. The predicted octanol–water partition coefficient (Wildman–Crippen LogP) is 18.9. The first-order valence-corrected chi connectivity index (χ1v) is 28.0. The van der Waals surface area contributed by atoms with Crippen molar-refractivity contribution in [1.82, 2.24) is 0 Å². The number of esters is 3. The molecule has 6 heteroatoms. The molecule has 6 nitrogen and oxygen atoms in total. The second-order valence-corrected chi connectivity index (χ2v) is 18.1. The van der Waals surface area contributed by atoms with Gasteiger partial charge in [-0.3, -0.25) is 14.4 Å². The number of ether oxygens (including phenoxy) is 3. The van der Waals surface area contributed by atoms with Crippen molar-refractivity contribution in [3.05, 3.63) is 122 Å². The van der Waals surface area contributed by atoms with Gasteiger partial charge in [0.1, 0.15) is 13.2 Å². The highest BCUT2D eigenvalue weighted by Crippen LogP contribution is 2.12. The van der Waals surface area contributed by atoms with Crippen LogP contribution in [0.15, 0.2) is 122 Å². The Bertz CT molecular complexity index is 1400. The minimum absolute atomic E-state index is 0.122. The molecule has 0 N–H and O–H groups in total. The van der Waals surface area contributed by atoms with Gasteiger partial charge in [0, 0.05) is 19.3 Å². The maximum atomic E-state index is 12.8. The summed E-state index contributed by atoms with van der Waals surface area (Å²) >= 11 is 0. The fraction of sp³-hybridized carbons (Fsp3) is 0.635. The van der Waals surface area contributed by atoms with Crippen LogP contribution in [-0.2, 0) is 28.6 Å². The van der Waals surface area contributed by atoms with Gasteiger partial charge < -0.3 is 14.2 Å². The Morgan fingerprint density at radius 3 is 0.841 bits per heavy atom. The topological polar surface area (TPSA) is 78.9 Å². The molecule has 0 aliphatic carbocycles. The lowest BCUT2D eigenvalue weighted by atomic mass is 10.1. The van der Waals surface area contributed by atoms with E-state index in [0.29, 0.717) is 19.3 Å². The van der Waals surface area contributed by atoms with Crippen LogP contribution in [0, 0.1) is 0 Å². The van der Waals surface area contributed by atoms with Gasteiger partial charge in [-0.1, -0.05) is 206 Å². The molecular weight excluding hydrogens is 853 g/mol. The van der Waals surface area contributed by atoms with E-state index in [-0.39, 0.29) is 37.5 Å². The van der Waals surface area contributed by atoms with E-state index in [1.807, 2.05) is 0 Å². The Hall–Kier alpha value is -4.19. The Morgan fingerprint density at radius 2 is 0.536 bits per heavy atom. The standard InChI is InChI=1S/C63H102O6/c1-4-7-10-13-16-19-22-25-28-31-34-37-40-43-46-49-52-55-61(64)67-58-60(69-63(66)57-54-51-48-45-42-39-36-33-30-27-24-21-18-15-12-9-6-3)59-68-62(65)56-53-50-47-44-41-38-35-32-29-26-23-20-17-14-11-8-5-2/h16-21,25-30,34-39,45,48,60H,4-15,22-24,31-33,40-44,46-47,49-59H2,1-3H3/b19-16-,20-17-,21-18-,28-25-,29-26-,30-27-,37-34-,38-35-,39-36-,48-45-. The number of carbonyl (C=O) groups is 3. The average molecular weight is 956 g/mol. The zero-order valence-electron chi connectivity index (χ0n) is 44.5. The first-order chi connectivity index (χ1) is 34.0. The van der Waals surface area contributed by atoms with Crippen LogP contribution in [0.4, 0.5) is 0 Å². The van der Waals surface area contributed by atoms with Crippen LogP contribution in [0.3, 0.4) is 0 Å². The minimum Gasteiger partial charge on any atom is -0.462 e. The number of unbranched alkanes of at least 4 members (excludes halogenated alkanes) is 18. The molecule has 69 heavy (non-hydrogen) atoms. The van der Waals surface area contributed by atoms with Crippen LogP contribution in [0.25, 0.3) is 0 Å². The second kappa shape index (κ2) is 56.4. The first-order valence-electron chi connectivity index (χ1n) is 28.0. The number of hydrogen-bond donors (Lipinski definition) is 0. The molecule has 0 saturated carbocycles. The van der Waals surface area contributed by atoms with Crippen LogP contribution in [-0.4, -0.2) is 37.2 Å². The van der Waals surface area contributed by atoms with Gasteiger partial charge >= 0.3 is 17.9 Å². The first kappa shape index (κ1) is 64.8. The van der Waals surface area contributed by atoms with E-state index < -0.39 is 6.10 Å². The zero-order chi connectivity index (χ0) is 50.0. The maximum Gasteiger partial charge on any atom is 0.306 e. The lowest BCUT2D eigenvalue weighted by molar-refractivity contribution is -0.167. The van der Waals surface area contributed by atoms with Gasteiger partial charge in [-0.15, -0.1) is 0 Å². The summed E-state index contributed by atoms with van der Waals surface area (Å²) in [6, 6.07) is 0. The molecule has 390 valence electrons. The quantitative estimate of drug-likeness (QED) is 0.0262. The summed E-state index contributed by atoms with van der Waals surface area (Å²) < 4.78 is 16.8. The normalized spacial score (nSPS) is 12.6. The van der Waals surface area contributed by atoms with Crippen LogP contribution in [0.1, 0.15) is 239 Å². The molecule has 0 saturated heterocycles. The zero-order valence-corrected chi connectivity index (χ0v) is 44.5. The molecule has 0 aliphatic rings. The fourth-order valence-electron chi connectivity index (χ4n) is 7.15. The molecule has 0 aromatic carbocycles. The third-order valence-electron chi connectivity index (χ3n) is 11.4. The maximum absolute atomic E-state index is 12.8. The highest BCUT2D eigenvalue weighted by atomic mass is 16.6. The van der Waals surface area contributed by atoms with Crippen molar-refractivity contribution in [3.8, 4) is 0 Å². The lowest BCUT2D eigenvalue weighted by Crippen LogP contribution is -2.30. The van der Waals surface area contributed by atoms with Crippen molar-refractivity contribution in [1.29, 1.82) is 0 Å². The fourth-order valence-corrected chi connectivity index (χ4v) is 7.15. The number of hydrogen-bond acceptors (Lipinski definition) is 6. The van der Waals surface area contributed by atoms with Gasteiger partial charge in [0.2, 0.25) is 0 Å². The summed E-state index contributed by atoms with van der Waals surface area (Å²) in [5.41, 5.74) is 0. The van der Waals surface area contributed by atoms with E-state index >= 15 is 0 Å². The molecule has 0 unspecified atom stereocenters. The van der Waals surface area contributed by atoms with E-state index in [0.717, 1.165) is 116 Å². The van der Waals surface area contributed by atoms with Gasteiger partial charge in [-0.25, -0.2) is 0 Å². The van der Waals surface area contributed by atoms with Gasteiger partial charge in [-0.2, -0.15) is 0 Å². The molecule has 0 rings (SSSR count). The second-order valence-electron chi connectivity index (χ2n) is 18.1. The predicted molar refractivity (Wildman–Crippen MR) is 297 cm³/mol. The summed E-state index contributed by atoms with van der Waals surface area (Å²) in [5.74, 6) is -1.02. The molecule has 0 radical (unpaired) electrons. The highest BCUT2D eigenvalue weighted by Gasteiger charge is 2.19. The summed E-state index contributed by atoms with van der Waals surface area (Å²) in [5, 5.41) is 0. The molecule has 0 amide bonds. The largest absolute Gasteiger partial charge is 0.462 e.